The van der Waals surface area contributed by atoms with Crippen molar-refractivity contribution in [3.05, 3.63) is 52.5 Å². The smallest absolute Gasteiger partial charge is 0.311 e. The van der Waals surface area contributed by atoms with Crippen LogP contribution in [0.1, 0.15) is 10.8 Å². The van der Waals surface area contributed by atoms with Crippen LogP contribution in [0.4, 0.5) is 0 Å². The molecule has 0 aliphatic carbocycles. The summed E-state index contributed by atoms with van der Waals surface area (Å²) in [5.41, 5.74) is 0.768. The Hall–Kier alpha value is -2.67. The maximum Gasteiger partial charge on any atom is 0.311 e. The Morgan fingerprint density at radius 1 is 1.30 bits per heavy atom. The number of methoxy groups -OCH3 is 1. The molecule has 0 amide bonds. The number of thiophene rings is 1. The van der Waals surface area contributed by atoms with Gasteiger partial charge in [-0.25, -0.2) is 0 Å². The maximum atomic E-state index is 11.7. The number of carbonyl (C=O) groups excluding carboxylic acids is 1. The molecule has 0 N–H and O–H groups in total. The van der Waals surface area contributed by atoms with Crippen molar-refractivity contribution in [2.75, 3.05) is 7.11 Å². The van der Waals surface area contributed by atoms with E-state index < -0.39 is 0 Å². The van der Waals surface area contributed by atoms with Crippen molar-refractivity contribution in [1.29, 1.82) is 0 Å². The molecule has 2 heterocycles. The van der Waals surface area contributed by atoms with Crippen LogP contribution in [0.5, 0.6) is 5.75 Å². The summed E-state index contributed by atoms with van der Waals surface area (Å²) in [4.78, 5) is 16.9. The predicted molar refractivity (Wildman–Crippen MR) is 84.1 cm³/mol. The van der Waals surface area contributed by atoms with Crippen LogP contribution in [0.2, 0.25) is 0 Å². The Labute approximate surface area is 136 Å². The molecule has 0 unspecified atom stereocenters. The zero-order chi connectivity index (χ0) is 16.1. The van der Waals surface area contributed by atoms with Gasteiger partial charge in [0.25, 0.3) is 5.89 Å². The van der Waals surface area contributed by atoms with E-state index in [0.717, 1.165) is 10.4 Å². The van der Waals surface area contributed by atoms with E-state index >= 15 is 0 Å². The minimum absolute atomic E-state index is 0.0405. The second-order valence-electron chi connectivity index (χ2n) is 4.66. The molecule has 1 aromatic carbocycles. The summed E-state index contributed by atoms with van der Waals surface area (Å²) in [5, 5.41) is 5.80. The fraction of sp³-hybridized carbons (Fsp3) is 0.188. The molecule has 2 aromatic heterocycles. The second-order valence-corrected chi connectivity index (χ2v) is 5.69. The lowest BCUT2D eigenvalue weighted by atomic mass is 10.2. The quantitative estimate of drug-likeness (QED) is 0.647. The first-order chi connectivity index (χ1) is 11.2. The number of carbonyl (C=O) groups is 1. The van der Waals surface area contributed by atoms with Gasteiger partial charge >= 0.3 is 5.97 Å². The van der Waals surface area contributed by atoms with Crippen molar-refractivity contribution in [3.8, 4) is 17.1 Å². The van der Waals surface area contributed by atoms with E-state index in [1.807, 2.05) is 35.7 Å². The highest BCUT2D eigenvalue weighted by atomic mass is 32.1. The summed E-state index contributed by atoms with van der Waals surface area (Å²) in [5.74, 6) is 1.06. The van der Waals surface area contributed by atoms with Crippen molar-refractivity contribution in [1.82, 2.24) is 10.1 Å². The number of benzene rings is 1. The average Bonchev–Trinajstić information content (AvgIpc) is 3.24. The third kappa shape index (κ3) is 3.95. The molecule has 118 valence electrons. The summed E-state index contributed by atoms with van der Waals surface area (Å²) in [6.45, 7) is -0.0405. The van der Waals surface area contributed by atoms with Crippen LogP contribution in [0.15, 0.2) is 46.3 Å². The third-order valence-electron chi connectivity index (χ3n) is 3.05. The largest absolute Gasteiger partial charge is 0.497 e. The van der Waals surface area contributed by atoms with Gasteiger partial charge in [-0.1, -0.05) is 23.4 Å². The number of nitrogens with zero attached hydrogens (tertiary/aromatic N) is 2. The van der Waals surface area contributed by atoms with Crippen LogP contribution >= 0.6 is 11.3 Å². The number of aromatic nitrogens is 2. The van der Waals surface area contributed by atoms with Crippen molar-refractivity contribution in [2.45, 2.75) is 13.0 Å². The molecule has 0 fully saturated rings. The van der Waals surface area contributed by atoms with Crippen molar-refractivity contribution in [3.63, 3.8) is 0 Å². The molecule has 0 saturated heterocycles. The van der Waals surface area contributed by atoms with Gasteiger partial charge in [-0.05, 0) is 23.6 Å². The van der Waals surface area contributed by atoms with Crippen LogP contribution in [0.25, 0.3) is 11.4 Å². The van der Waals surface area contributed by atoms with Gasteiger partial charge in [0.1, 0.15) is 5.75 Å². The first-order valence-corrected chi connectivity index (χ1v) is 7.77. The van der Waals surface area contributed by atoms with Gasteiger partial charge in [0, 0.05) is 10.4 Å². The number of esters is 1. The lowest BCUT2D eigenvalue weighted by Crippen LogP contribution is -2.07. The standard InChI is InChI=1S/C16H14N2O4S/c1-20-12-5-2-4-11(8-12)16-17-14(22-18-16)10-21-15(19)9-13-6-3-7-23-13/h2-8H,9-10H2,1H3. The molecule has 0 aliphatic heterocycles. The number of ether oxygens (including phenoxy) is 2. The van der Waals surface area contributed by atoms with Crippen molar-refractivity contribution < 1.29 is 18.8 Å². The van der Waals surface area contributed by atoms with Crippen molar-refractivity contribution >= 4 is 17.3 Å². The van der Waals surface area contributed by atoms with Crippen LogP contribution in [-0.4, -0.2) is 23.2 Å². The molecule has 0 saturated carbocycles. The molecular weight excluding hydrogens is 316 g/mol. The zero-order valence-electron chi connectivity index (χ0n) is 12.4. The van der Waals surface area contributed by atoms with Crippen LogP contribution in [0.3, 0.4) is 0 Å². The van der Waals surface area contributed by atoms with Gasteiger partial charge in [0.2, 0.25) is 5.82 Å². The van der Waals surface area contributed by atoms with E-state index in [4.69, 9.17) is 14.0 Å². The Bertz CT molecular complexity index is 783. The van der Waals surface area contributed by atoms with Crippen LogP contribution in [-0.2, 0) is 22.6 Å². The van der Waals surface area contributed by atoms with Gasteiger partial charge < -0.3 is 14.0 Å². The molecule has 6 nitrogen and oxygen atoms in total. The van der Waals surface area contributed by atoms with Crippen LogP contribution in [0, 0.1) is 0 Å². The van der Waals surface area contributed by atoms with Crippen molar-refractivity contribution in [2.24, 2.45) is 0 Å². The lowest BCUT2D eigenvalue weighted by Gasteiger charge is -2.00. The molecule has 0 bridgehead atoms. The summed E-state index contributed by atoms with van der Waals surface area (Å²) >= 11 is 1.51. The summed E-state index contributed by atoms with van der Waals surface area (Å²) < 4.78 is 15.4. The summed E-state index contributed by atoms with van der Waals surface area (Å²) in [6.07, 6.45) is 0.245. The van der Waals surface area contributed by atoms with E-state index in [1.54, 1.807) is 13.2 Å². The van der Waals surface area contributed by atoms with Gasteiger partial charge in [0.05, 0.1) is 13.5 Å². The monoisotopic (exact) mass is 330 g/mol. The minimum atomic E-state index is -0.325. The van der Waals surface area contributed by atoms with Gasteiger partial charge in [0.15, 0.2) is 6.61 Å². The van der Waals surface area contributed by atoms with E-state index in [9.17, 15) is 4.79 Å². The molecule has 0 spiro atoms. The zero-order valence-corrected chi connectivity index (χ0v) is 13.2. The van der Waals surface area contributed by atoms with E-state index in [0.29, 0.717) is 11.6 Å². The number of hydrogen-bond acceptors (Lipinski definition) is 7. The summed E-state index contributed by atoms with van der Waals surface area (Å²) in [7, 11) is 1.59. The fourth-order valence-electron chi connectivity index (χ4n) is 1.94. The first kappa shape index (κ1) is 15.2. The van der Waals surface area contributed by atoms with E-state index in [1.165, 1.54) is 11.3 Å². The minimum Gasteiger partial charge on any atom is -0.497 e. The predicted octanol–water partition coefficient (Wildman–Crippen LogP) is 3.09. The molecule has 3 rings (SSSR count). The van der Waals surface area contributed by atoms with Gasteiger partial charge in [-0.15, -0.1) is 11.3 Å². The van der Waals surface area contributed by atoms with Gasteiger partial charge in [-0.2, -0.15) is 4.98 Å². The molecule has 23 heavy (non-hydrogen) atoms. The topological polar surface area (TPSA) is 74.5 Å². The number of hydrogen-bond donors (Lipinski definition) is 0. The number of rotatable bonds is 6. The molecule has 0 aliphatic rings. The molecule has 0 atom stereocenters. The molecule has 0 radical (unpaired) electrons. The highest BCUT2D eigenvalue weighted by Gasteiger charge is 2.12. The average molecular weight is 330 g/mol. The Balaban J connectivity index is 1.59. The first-order valence-electron chi connectivity index (χ1n) is 6.89. The Morgan fingerprint density at radius 3 is 3.00 bits per heavy atom. The highest BCUT2D eigenvalue weighted by Crippen LogP contribution is 2.21. The third-order valence-corrected chi connectivity index (χ3v) is 3.93. The van der Waals surface area contributed by atoms with E-state index in [-0.39, 0.29) is 24.9 Å². The summed E-state index contributed by atoms with van der Waals surface area (Å²) in [6, 6.07) is 11.1. The normalized spacial score (nSPS) is 10.5. The van der Waals surface area contributed by atoms with Gasteiger partial charge in [-0.3, -0.25) is 4.79 Å². The SMILES string of the molecule is COc1cccc(-c2noc(COC(=O)Cc3cccs3)n2)c1. The second kappa shape index (κ2) is 7.06. The highest BCUT2D eigenvalue weighted by molar-refractivity contribution is 7.10. The molecular formula is C16H14N2O4S. The molecule has 3 aromatic rings. The van der Waals surface area contributed by atoms with E-state index in [2.05, 4.69) is 10.1 Å². The Morgan fingerprint density at radius 2 is 2.22 bits per heavy atom. The molecule has 7 heteroatoms. The lowest BCUT2D eigenvalue weighted by molar-refractivity contribution is -0.144. The maximum absolute atomic E-state index is 11.7. The fourth-order valence-corrected chi connectivity index (χ4v) is 2.63. The Kier molecular flexibility index (Phi) is 4.68. The van der Waals surface area contributed by atoms with Crippen LogP contribution < -0.4 is 4.74 Å².